The van der Waals surface area contributed by atoms with Gasteiger partial charge in [0.25, 0.3) is 0 Å². The summed E-state index contributed by atoms with van der Waals surface area (Å²) in [5, 5.41) is 34.5. The Bertz CT molecular complexity index is 631. The summed E-state index contributed by atoms with van der Waals surface area (Å²) >= 11 is 0. The highest BCUT2D eigenvalue weighted by Gasteiger charge is 2.17. The number of carboxylic acids is 1. The highest BCUT2D eigenvalue weighted by atomic mass is 16.4. The van der Waals surface area contributed by atoms with Gasteiger partial charge in [-0.15, -0.1) is 0 Å². The van der Waals surface area contributed by atoms with E-state index in [0.29, 0.717) is 11.1 Å². The van der Waals surface area contributed by atoms with Gasteiger partial charge in [0.05, 0.1) is 5.69 Å². The molecule has 6 nitrogen and oxygen atoms in total. The summed E-state index contributed by atoms with van der Waals surface area (Å²) in [5.74, 6) is -1.66. The minimum atomic E-state index is -1.14. The van der Waals surface area contributed by atoms with Crippen LogP contribution in [0.15, 0.2) is 12.1 Å². The monoisotopic (exact) mass is 248 g/mol. The number of aromatic amines is 1. The van der Waals surface area contributed by atoms with Gasteiger partial charge >= 0.3 is 5.97 Å². The van der Waals surface area contributed by atoms with Gasteiger partial charge in [0.2, 0.25) is 0 Å². The van der Waals surface area contributed by atoms with Gasteiger partial charge in [0.1, 0.15) is 5.69 Å². The van der Waals surface area contributed by atoms with Crippen LogP contribution >= 0.6 is 0 Å². The molecule has 0 bridgehead atoms. The first-order valence-electron chi connectivity index (χ1n) is 5.23. The van der Waals surface area contributed by atoms with Gasteiger partial charge < -0.3 is 15.3 Å². The van der Waals surface area contributed by atoms with E-state index in [0.717, 1.165) is 5.56 Å². The molecule has 0 fully saturated rings. The van der Waals surface area contributed by atoms with Gasteiger partial charge in [-0.2, -0.15) is 5.10 Å². The van der Waals surface area contributed by atoms with Crippen LogP contribution in [-0.2, 0) is 0 Å². The maximum Gasteiger partial charge on any atom is 0.353 e. The molecule has 0 spiro atoms. The molecule has 1 heterocycles. The lowest BCUT2D eigenvalue weighted by Crippen LogP contribution is -1.95. The molecule has 6 heteroatoms. The molecule has 1 aromatic carbocycles. The number of hydrogen-bond donors (Lipinski definition) is 4. The van der Waals surface area contributed by atoms with Crippen LogP contribution < -0.4 is 0 Å². The number of carbonyl (C=O) groups is 1. The number of phenolic OH excluding ortho intramolecular Hbond substituents is 2. The van der Waals surface area contributed by atoms with Crippen LogP contribution in [0, 0.1) is 13.8 Å². The average Bonchev–Trinajstić information content (AvgIpc) is 2.80. The molecular formula is C12H12N2O4. The van der Waals surface area contributed by atoms with E-state index in [-0.39, 0.29) is 22.9 Å². The fourth-order valence-corrected chi connectivity index (χ4v) is 1.65. The van der Waals surface area contributed by atoms with E-state index in [1.165, 1.54) is 6.07 Å². The average molecular weight is 248 g/mol. The molecule has 0 atom stereocenters. The van der Waals surface area contributed by atoms with Crippen LogP contribution in [0.3, 0.4) is 0 Å². The minimum absolute atomic E-state index is 0.0814. The van der Waals surface area contributed by atoms with Crippen molar-refractivity contribution in [1.82, 2.24) is 10.2 Å². The SMILES string of the molecule is Cc1cc(-c2cc(C(=O)O)[nH]n2)c(O)c(O)c1C. The smallest absolute Gasteiger partial charge is 0.353 e. The number of aromatic hydroxyl groups is 2. The fraction of sp³-hybridized carbons (Fsp3) is 0.167. The number of aryl methyl sites for hydroxylation is 1. The molecule has 0 unspecified atom stereocenters. The van der Waals surface area contributed by atoms with Crippen LogP contribution in [0.5, 0.6) is 11.5 Å². The van der Waals surface area contributed by atoms with Crippen molar-refractivity contribution in [2.45, 2.75) is 13.8 Å². The van der Waals surface area contributed by atoms with Crippen molar-refractivity contribution in [2.75, 3.05) is 0 Å². The van der Waals surface area contributed by atoms with Crippen molar-refractivity contribution >= 4 is 5.97 Å². The Balaban J connectivity index is 2.60. The van der Waals surface area contributed by atoms with Gasteiger partial charge in [-0.25, -0.2) is 4.79 Å². The summed E-state index contributed by atoms with van der Waals surface area (Å²) in [4.78, 5) is 10.7. The molecule has 0 amide bonds. The number of nitrogens with zero attached hydrogens (tertiary/aromatic N) is 1. The van der Waals surface area contributed by atoms with E-state index < -0.39 is 5.97 Å². The van der Waals surface area contributed by atoms with Gasteiger partial charge in [-0.3, -0.25) is 5.10 Å². The molecule has 0 radical (unpaired) electrons. The third-order valence-electron chi connectivity index (χ3n) is 2.87. The molecule has 4 N–H and O–H groups in total. The first-order chi connectivity index (χ1) is 8.41. The molecule has 0 aliphatic carbocycles. The molecule has 0 saturated carbocycles. The van der Waals surface area contributed by atoms with Crippen molar-refractivity contribution in [2.24, 2.45) is 0 Å². The fourth-order valence-electron chi connectivity index (χ4n) is 1.65. The Morgan fingerprint density at radius 3 is 2.44 bits per heavy atom. The normalized spacial score (nSPS) is 10.6. The molecular weight excluding hydrogens is 236 g/mol. The zero-order valence-corrected chi connectivity index (χ0v) is 9.85. The van der Waals surface area contributed by atoms with E-state index >= 15 is 0 Å². The summed E-state index contributed by atoms with van der Waals surface area (Å²) in [7, 11) is 0. The van der Waals surface area contributed by atoms with Crippen LogP contribution in [0.25, 0.3) is 11.3 Å². The first-order valence-corrected chi connectivity index (χ1v) is 5.23. The number of hydrogen-bond acceptors (Lipinski definition) is 4. The predicted molar refractivity (Wildman–Crippen MR) is 63.8 cm³/mol. The summed E-state index contributed by atoms with van der Waals surface area (Å²) in [5.41, 5.74) is 1.83. The molecule has 94 valence electrons. The molecule has 0 aliphatic heterocycles. The second-order valence-electron chi connectivity index (χ2n) is 4.04. The Kier molecular flexibility index (Phi) is 2.70. The van der Waals surface area contributed by atoms with E-state index in [1.807, 2.05) is 0 Å². The number of aromatic carboxylic acids is 1. The first kappa shape index (κ1) is 12.0. The van der Waals surface area contributed by atoms with E-state index in [9.17, 15) is 15.0 Å². The van der Waals surface area contributed by atoms with Crippen molar-refractivity contribution in [3.05, 3.63) is 29.0 Å². The van der Waals surface area contributed by atoms with Gasteiger partial charge in [0, 0.05) is 5.56 Å². The van der Waals surface area contributed by atoms with Crippen LogP contribution in [-0.4, -0.2) is 31.5 Å². The lowest BCUT2D eigenvalue weighted by atomic mass is 10.0. The van der Waals surface area contributed by atoms with Crippen molar-refractivity contribution in [3.63, 3.8) is 0 Å². The van der Waals surface area contributed by atoms with Gasteiger partial charge in [-0.1, -0.05) is 0 Å². The molecule has 1 aromatic heterocycles. The third-order valence-corrected chi connectivity index (χ3v) is 2.87. The summed E-state index contributed by atoms with van der Waals surface area (Å²) in [6.45, 7) is 3.46. The second kappa shape index (κ2) is 4.06. The summed E-state index contributed by atoms with van der Waals surface area (Å²) in [6.07, 6.45) is 0. The molecule has 0 aliphatic rings. The summed E-state index contributed by atoms with van der Waals surface area (Å²) in [6, 6.07) is 2.94. The maximum absolute atomic E-state index is 10.7. The Morgan fingerprint density at radius 2 is 1.89 bits per heavy atom. The zero-order chi connectivity index (χ0) is 13.4. The minimum Gasteiger partial charge on any atom is -0.504 e. The second-order valence-corrected chi connectivity index (χ2v) is 4.04. The van der Waals surface area contributed by atoms with E-state index in [1.54, 1.807) is 19.9 Å². The van der Waals surface area contributed by atoms with Crippen LogP contribution in [0.1, 0.15) is 21.6 Å². The molecule has 0 saturated heterocycles. The van der Waals surface area contributed by atoms with Gasteiger partial charge in [0.15, 0.2) is 11.5 Å². The van der Waals surface area contributed by atoms with E-state index in [2.05, 4.69) is 10.2 Å². The quantitative estimate of drug-likeness (QED) is 0.606. The number of rotatable bonds is 2. The maximum atomic E-state index is 10.7. The Labute approximate surface area is 103 Å². The lowest BCUT2D eigenvalue weighted by molar-refractivity contribution is 0.0690. The van der Waals surface area contributed by atoms with Crippen LogP contribution in [0.4, 0.5) is 0 Å². The third kappa shape index (κ3) is 1.77. The number of aromatic nitrogens is 2. The number of H-pyrrole nitrogens is 1. The topological polar surface area (TPSA) is 106 Å². The standard InChI is InChI=1S/C12H12N2O4/c1-5-3-7(11(16)10(15)6(5)2)8-4-9(12(17)18)14-13-8/h3-4,15-16H,1-2H3,(H,13,14)(H,17,18). The number of benzene rings is 1. The number of carboxylic acid groups (broad SMARTS) is 1. The zero-order valence-electron chi connectivity index (χ0n) is 9.85. The van der Waals surface area contributed by atoms with Crippen LogP contribution in [0.2, 0.25) is 0 Å². The molecule has 2 rings (SSSR count). The Morgan fingerprint density at radius 1 is 1.22 bits per heavy atom. The number of nitrogens with one attached hydrogen (secondary N) is 1. The lowest BCUT2D eigenvalue weighted by Gasteiger charge is -2.09. The van der Waals surface area contributed by atoms with E-state index in [4.69, 9.17) is 5.11 Å². The molecule has 2 aromatic rings. The highest BCUT2D eigenvalue weighted by molar-refractivity contribution is 5.87. The largest absolute Gasteiger partial charge is 0.504 e. The van der Waals surface area contributed by atoms with Crippen molar-refractivity contribution in [1.29, 1.82) is 0 Å². The van der Waals surface area contributed by atoms with Gasteiger partial charge in [-0.05, 0) is 37.1 Å². The predicted octanol–water partition coefficient (Wildman–Crippen LogP) is 1.80. The highest BCUT2D eigenvalue weighted by Crippen LogP contribution is 2.39. The van der Waals surface area contributed by atoms with Crippen molar-refractivity contribution < 1.29 is 20.1 Å². The summed E-state index contributed by atoms with van der Waals surface area (Å²) < 4.78 is 0. The Hall–Kier alpha value is -2.50. The number of phenols is 2. The van der Waals surface area contributed by atoms with Crippen molar-refractivity contribution in [3.8, 4) is 22.8 Å². The molecule has 18 heavy (non-hydrogen) atoms.